The molecule has 7 nitrogen and oxygen atoms in total. The van der Waals surface area contributed by atoms with Crippen molar-refractivity contribution in [3.63, 3.8) is 0 Å². The third-order valence-corrected chi connectivity index (χ3v) is 4.27. The molecule has 0 atom stereocenters. The van der Waals surface area contributed by atoms with Crippen molar-refractivity contribution in [2.75, 3.05) is 49.5 Å². The van der Waals surface area contributed by atoms with Gasteiger partial charge < -0.3 is 15.5 Å². The van der Waals surface area contributed by atoms with Gasteiger partial charge in [-0.05, 0) is 30.3 Å². The van der Waals surface area contributed by atoms with E-state index in [1.807, 2.05) is 6.07 Å². The SMILES string of the molecule is O=C(NCCN1CCN(c2ncccn2)CC1)Nc1ccc(Cl)cc1. The fraction of sp³-hybridized carbons (Fsp3) is 0.353. The van der Waals surface area contributed by atoms with Crippen LogP contribution in [0.2, 0.25) is 5.02 Å². The molecule has 2 N–H and O–H groups in total. The van der Waals surface area contributed by atoms with E-state index in [2.05, 4.69) is 30.4 Å². The van der Waals surface area contributed by atoms with E-state index in [9.17, 15) is 4.79 Å². The third kappa shape index (κ3) is 5.30. The van der Waals surface area contributed by atoms with Crippen LogP contribution in [0.4, 0.5) is 16.4 Å². The third-order valence-electron chi connectivity index (χ3n) is 4.02. The zero-order valence-corrected chi connectivity index (χ0v) is 14.6. The number of halogens is 1. The van der Waals surface area contributed by atoms with Crippen molar-refractivity contribution in [2.45, 2.75) is 0 Å². The number of benzene rings is 1. The Bertz CT molecular complexity index is 673. The molecule has 0 saturated carbocycles. The predicted molar refractivity (Wildman–Crippen MR) is 99.2 cm³/mol. The molecule has 2 heterocycles. The van der Waals surface area contributed by atoms with Gasteiger partial charge in [-0.2, -0.15) is 0 Å². The predicted octanol–water partition coefficient (Wildman–Crippen LogP) is 2.07. The van der Waals surface area contributed by atoms with Crippen molar-refractivity contribution < 1.29 is 4.79 Å². The summed E-state index contributed by atoms with van der Waals surface area (Å²) < 4.78 is 0. The first-order chi connectivity index (χ1) is 12.2. The summed E-state index contributed by atoms with van der Waals surface area (Å²) in [4.78, 5) is 24.9. The number of nitrogens with zero attached hydrogens (tertiary/aromatic N) is 4. The Morgan fingerprint density at radius 2 is 1.76 bits per heavy atom. The van der Waals surface area contributed by atoms with Crippen LogP contribution in [0.3, 0.4) is 0 Å². The molecule has 8 heteroatoms. The minimum Gasteiger partial charge on any atom is -0.338 e. The maximum absolute atomic E-state index is 11.9. The summed E-state index contributed by atoms with van der Waals surface area (Å²) in [6.07, 6.45) is 3.52. The van der Waals surface area contributed by atoms with Crippen molar-refractivity contribution in [2.24, 2.45) is 0 Å². The van der Waals surface area contributed by atoms with Crippen LogP contribution in [0.15, 0.2) is 42.7 Å². The summed E-state index contributed by atoms with van der Waals surface area (Å²) in [6, 6.07) is 8.64. The molecule has 1 aliphatic rings. The molecule has 0 spiro atoms. The molecule has 0 aliphatic carbocycles. The number of urea groups is 1. The van der Waals surface area contributed by atoms with Crippen LogP contribution in [-0.2, 0) is 0 Å². The molecule has 1 saturated heterocycles. The highest BCUT2D eigenvalue weighted by atomic mass is 35.5. The second kappa shape index (κ2) is 8.64. The van der Waals surface area contributed by atoms with Crippen molar-refractivity contribution in [1.29, 1.82) is 0 Å². The van der Waals surface area contributed by atoms with Crippen molar-refractivity contribution in [3.8, 4) is 0 Å². The molecule has 25 heavy (non-hydrogen) atoms. The lowest BCUT2D eigenvalue weighted by molar-refractivity contribution is 0.240. The van der Waals surface area contributed by atoms with Gasteiger partial charge in [0.05, 0.1) is 0 Å². The maximum atomic E-state index is 11.9. The van der Waals surface area contributed by atoms with Gasteiger partial charge >= 0.3 is 6.03 Å². The number of aromatic nitrogens is 2. The molecule has 2 amide bonds. The number of piperazine rings is 1. The molecule has 1 aromatic carbocycles. The van der Waals surface area contributed by atoms with Gasteiger partial charge in [-0.15, -0.1) is 0 Å². The highest BCUT2D eigenvalue weighted by Gasteiger charge is 2.18. The Kier molecular flexibility index (Phi) is 6.03. The van der Waals surface area contributed by atoms with Crippen LogP contribution in [0.25, 0.3) is 0 Å². The summed E-state index contributed by atoms with van der Waals surface area (Å²) in [5.74, 6) is 0.780. The molecule has 1 aromatic heterocycles. The monoisotopic (exact) mass is 360 g/mol. The van der Waals surface area contributed by atoms with Crippen LogP contribution in [-0.4, -0.2) is 60.2 Å². The zero-order valence-electron chi connectivity index (χ0n) is 13.9. The first-order valence-electron chi connectivity index (χ1n) is 8.25. The highest BCUT2D eigenvalue weighted by molar-refractivity contribution is 6.30. The van der Waals surface area contributed by atoms with E-state index in [0.717, 1.165) is 44.4 Å². The number of rotatable bonds is 5. The topological polar surface area (TPSA) is 73.4 Å². The van der Waals surface area contributed by atoms with E-state index in [-0.39, 0.29) is 6.03 Å². The van der Waals surface area contributed by atoms with Gasteiger partial charge in [0.25, 0.3) is 0 Å². The van der Waals surface area contributed by atoms with E-state index in [1.165, 1.54) is 0 Å². The molecule has 0 bridgehead atoms. The fourth-order valence-corrected chi connectivity index (χ4v) is 2.79. The number of hydrogen-bond donors (Lipinski definition) is 2. The van der Waals surface area contributed by atoms with E-state index in [1.54, 1.807) is 36.7 Å². The van der Waals surface area contributed by atoms with Crippen LogP contribution < -0.4 is 15.5 Å². The van der Waals surface area contributed by atoms with E-state index < -0.39 is 0 Å². The van der Waals surface area contributed by atoms with E-state index in [4.69, 9.17) is 11.6 Å². The number of nitrogens with one attached hydrogen (secondary N) is 2. The largest absolute Gasteiger partial charge is 0.338 e. The molecule has 3 rings (SSSR count). The van der Waals surface area contributed by atoms with Gasteiger partial charge in [-0.3, -0.25) is 4.90 Å². The zero-order chi connectivity index (χ0) is 17.5. The number of anilines is 2. The van der Waals surface area contributed by atoms with Crippen molar-refractivity contribution in [3.05, 3.63) is 47.7 Å². The number of carbonyl (C=O) groups is 1. The first-order valence-corrected chi connectivity index (χ1v) is 8.63. The standard InChI is InChI=1S/C17H21ClN6O/c18-14-2-4-15(5-3-14)22-17(25)21-8-9-23-10-12-24(13-11-23)16-19-6-1-7-20-16/h1-7H,8-13H2,(H2,21,22,25). The Labute approximate surface area is 152 Å². The Balaban J connectivity index is 1.34. The Morgan fingerprint density at radius 1 is 1.08 bits per heavy atom. The molecule has 0 radical (unpaired) electrons. The molecule has 0 unspecified atom stereocenters. The van der Waals surface area contributed by atoms with Crippen LogP contribution in [0.1, 0.15) is 0 Å². The molecule has 2 aromatic rings. The summed E-state index contributed by atoms with van der Waals surface area (Å²) in [7, 11) is 0. The van der Waals surface area contributed by atoms with Crippen molar-refractivity contribution >= 4 is 29.3 Å². The Hall–Kier alpha value is -2.38. The smallest absolute Gasteiger partial charge is 0.319 e. The van der Waals surface area contributed by atoms with Crippen LogP contribution >= 0.6 is 11.6 Å². The maximum Gasteiger partial charge on any atom is 0.319 e. The van der Waals surface area contributed by atoms with E-state index in [0.29, 0.717) is 11.6 Å². The fourth-order valence-electron chi connectivity index (χ4n) is 2.66. The summed E-state index contributed by atoms with van der Waals surface area (Å²) in [5, 5.41) is 6.30. The average Bonchev–Trinajstić information content (AvgIpc) is 2.65. The van der Waals surface area contributed by atoms with Gasteiger partial charge in [0.15, 0.2) is 0 Å². The van der Waals surface area contributed by atoms with E-state index >= 15 is 0 Å². The van der Waals surface area contributed by atoms with Crippen LogP contribution in [0.5, 0.6) is 0 Å². The van der Waals surface area contributed by atoms with Crippen molar-refractivity contribution in [1.82, 2.24) is 20.2 Å². The molecular formula is C17H21ClN6O. The summed E-state index contributed by atoms with van der Waals surface area (Å²) in [5.41, 5.74) is 0.721. The van der Waals surface area contributed by atoms with Gasteiger partial charge in [-0.1, -0.05) is 11.6 Å². The number of carbonyl (C=O) groups excluding carboxylic acids is 1. The normalized spacial score (nSPS) is 15.0. The quantitative estimate of drug-likeness (QED) is 0.854. The van der Waals surface area contributed by atoms with Gasteiger partial charge in [0, 0.05) is 62.4 Å². The lowest BCUT2D eigenvalue weighted by Crippen LogP contribution is -2.49. The molecular weight excluding hydrogens is 340 g/mol. The molecule has 132 valence electrons. The lowest BCUT2D eigenvalue weighted by atomic mass is 10.3. The second-order valence-corrected chi connectivity index (χ2v) is 6.20. The minimum atomic E-state index is -0.210. The van der Waals surface area contributed by atoms with Gasteiger partial charge in [0.2, 0.25) is 5.95 Å². The number of amides is 2. The molecule has 1 fully saturated rings. The Morgan fingerprint density at radius 3 is 2.44 bits per heavy atom. The van der Waals surface area contributed by atoms with Gasteiger partial charge in [0.1, 0.15) is 0 Å². The number of hydrogen-bond acceptors (Lipinski definition) is 5. The minimum absolute atomic E-state index is 0.210. The summed E-state index contributed by atoms with van der Waals surface area (Å²) in [6.45, 7) is 5.05. The van der Waals surface area contributed by atoms with Gasteiger partial charge in [-0.25, -0.2) is 14.8 Å². The second-order valence-electron chi connectivity index (χ2n) is 5.77. The highest BCUT2D eigenvalue weighted by Crippen LogP contribution is 2.13. The lowest BCUT2D eigenvalue weighted by Gasteiger charge is -2.34. The molecule has 1 aliphatic heterocycles. The first kappa shape index (κ1) is 17.4. The average molecular weight is 361 g/mol. The summed E-state index contributed by atoms with van der Waals surface area (Å²) >= 11 is 5.82. The van der Waals surface area contributed by atoms with Crippen LogP contribution in [0, 0.1) is 0 Å².